The van der Waals surface area contributed by atoms with Crippen LogP contribution in [0.5, 0.6) is 11.5 Å². The Morgan fingerprint density at radius 3 is 2.42 bits per heavy atom. The number of hydrogen-bond acceptors (Lipinski definition) is 2. The van der Waals surface area contributed by atoms with Crippen LogP contribution in [0, 0.1) is 5.82 Å². The third kappa shape index (κ3) is 3.55. The standard InChI is InChI=1S/C14H11Br2FO2/c1-8(18)11-7-10(17)3-5-13(11)19-14-4-2-9(15)6-12(14)16/h2-8,18H,1H3. The Labute approximate surface area is 127 Å². The Bertz CT molecular complexity index is 600. The maximum Gasteiger partial charge on any atom is 0.141 e. The molecule has 0 amide bonds. The summed E-state index contributed by atoms with van der Waals surface area (Å²) in [5.74, 6) is 0.620. The molecule has 1 unspecified atom stereocenters. The molecule has 2 aromatic carbocycles. The topological polar surface area (TPSA) is 29.5 Å². The van der Waals surface area contributed by atoms with Crippen LogP contribution in [0.25, 0.3) is 0 Å². The number of hydrogen-bond donors (Lipinski definition) is 1. The fourth-order valence-corrected chi connectivity index (χ4v) is 2.74. The highest BCUT2D eigenvalue weighted by Crippen LogP contribution is 2.35. The summed E-state index contributed by atoms with van der Waals surface area (Å²) in [6.45, 7) is 1.57. The summed E-state index contributed by atoms with van der Waals surface area (Å²) >= 11 is 6.74. The van der Waals surface area contributed by atoms with Crippen LogP contribution < -0.4 is 4.74 Å². The van der Waals surface area contributed by atoms with Gasteiger partial charge in [0.05, 0.1) is 10.6 Å². The molecule has 1 atom stereocenters. The number of aliphatic hydroxyl groups excluding tert-OH is 1. The lowest BCUT2D eigenvalue weighted by molar-refractivity contribution is 0.195. The lowest BCUT2D eigenvalue weighted by Gasteiger charge is -2.14. The number of rotatable bonds is 3. The fraction of sp³-hybridized carbons (Fsp3) is 0.143. The summed E-state index contributed by atoms with van der Waals surface area (Å²) in [5, 5.41) is 9.65. The monoisotopic (exact) mass is 388 g/mol. The molecule has 5 heteroatoms. The highest BCUT2D eigenvalue weighted by atomic mass is 79.9. The van der Waals surface area contributed by atoms with E-state index in [0.717, 1.165) is 8.95 Å². The van der Waals surface area contributed by atoms with E-state index in [1.54, 1.807) is 13.0 Å². The van der Waals surface area contributed by atoms with Crippen molar-refractivity contribution in [3.8, 4) is 11.5 Å². The Hall–Kier alpha value is -0.910. The van der Waals surface area contributed by atoms with Gasteiger partial charge in [-0.1, -0.05) is 15.9 Å². The van der Waals surface area contributed by atoms with Crippen molar-refractivity contribution in [2.24, 2.45) is 0 Å². The zero-order valence-corrected chi connectivity index (χ0v) is 13.2. The SMILES string of the molecule is CC(O)c1cc(F)ccc1Oc1ccc(Br)cc1Br. The molecular formula is C14H11Br2FO2. The molecule has 100 valence electrons. The number of halogens is 3. The van der Waals surface area contributed by atoms with Crippen molar-refractivity contribution in [2.45, 2.75) is 13.0 Å². The molecule has 1 N–H and O–H groups in total. The molecule has 19 heavy (non-hydrogen) atoms. The molecule has 0 bridgehead atoms. The van der Waals surface area contributed by atoms with E-state index in [4.69, 9.17) is 4.74 Å². The first-order valence-electron chi connectivity index (χ1n) is 5.58. The number of ether oxygens (including phenoxy) is 1. The average Bonchev–Trinajstić information content (AvgIpc) is 2.34. The van der Waals surface area contributed by atoms with Crippen LogP contribution in [0.1, 0.15) is 18.6 Å². The smallest absolute Gasteiger partial charge is 0.141 e. The van der Waals surface area contributed by atoms with E-state index in [1.807, 2.05) is 12.1 Å². The second kappa shape index (κ2) is 6.03. The van der Waals surface area contributed by atoms with Crippen molar-refractivity contribution in [3.05, 3.63) is 56.7 Å². The second-order valence-corrected chi connectivity index (χ2v) is 5.80. The molecule has 2 aromatic rings. The molecule has 0 saturated carbocycles. The molecule has 0 radical (unpaired) electrons. The lowest BCUT2D eigenvalue weighted by Crippen LogP contribution is -1.97. The van der Waals surface area contributed by atoms with E-state index in [9.17, 15) is 9.50 Å². The van der Waals surface area contributed by atoms with Crippen molar-refractivity contribution < 1.29 is 14.2 Å². The van der Waals surface area contributed by atoms with Crippen LogP contribution in [0.3, 0.4) is 0 Å². The zero-order chi connectivity index (χ0) is 14.0. The van der Waals surface area contributed by atoms with Crippen molar-refractivity contribution >= 4 is 31.9 Å². The van der Waals surface area contributed by atoms with Gasteiger partial charge in [0, 0.05) is 10.0 Å². The Kier molecular flexibility index (Phi) is 4.60. The number of benzene rings is 2. The van der Waals surface area contributed by atoms with Crippen molar-refractivity contribution in [1.82, 2.24) is 0 Å². The molecule has 2 nitrogen and oxygen atoms in total. The molecule has 2 rings (SSSR count). The fourth-order valence-electron chi connectivity index (χ4n) is 1.62. The predicted molar refractivity (Wildman–Crippen MR) is 78.9 cm³/mol. The third-order valence-corrected chi connectivity index (χ3v) is 3.65. The first-order chi connectivity index (χ1) is 8.97. The molecular weight excluding hydrogens is 379 g/mol. The summed E-state index contributed by atoms with van der Waals surface area (Å²) in [5.41, 5.74) is 0.412. The molecule has 0 aliphatic heterocycles. The zero-order valence-electron chi connectivity index (χ0n) is 10.0. The van der Waals surface area contributed by atoms with Gasteiger partial charge in [0.15, 0.2) is 0 Å². The molecule has 0 aliphatic rings. The van der Waals surface area contributed by atoms with E-state index in [2.05, 4.69) is 31.9 Å². The molecule has 0 heterocycles. The summed E-state index contributed by atoms with van der Waals surface area (Å²) in [6.07, 6.45) is -0.806. The van der Waals surface area contributed by atoms with Crippen LogP contribution in [-0.2, 0) is 0 Å². The van der Waals surface area contributed by atoms with Gasteiger partial charge in [0.25, 0.3) is 0 Å². The third-order valence-electron chi connectivity index (χ3n) is 2.54. The predicted octanol–water partition coefficient (Wildman–Crippen LogP) is 5.20. The number of aliphatic hydroxyl groups is 1. The average molecular weight is 390 g/mol. The largest absolute Gasteiger partial charge is 0.456 e. The molecule has 0 fully saturated rings. The van der Waals surface area contributed by atoms with Gasteiger partial charge in [-0.15, -0.1) is 0 Å². The normalized spacial score (nSPS) is 12.3. The van der Waals surface area contributed by atoms with Crippen molar-refractivity contribution in [1.29, 1.82) is 0 Å². The molecule has 0 saturated heterocycles. The van der Waals surface area contributed by atoms with Crippen LogP contribution in [0.2, 0.25) is 0 Å². The minimum atomic E-state index is -0.806. The quantitative estimate of drug-likeness (QED) is 0.781. The molecule has 0 aromatic heterocycles. The van der Waals surface area contributed by atoms with E-state index in [0.29, 0.717) is 17.1 Å². The van der Waals surface area contributed by atoms with Crippen molar-refractivity contribution in [3.63, 3.8) is 0 Å². The second-order valence-electron chi connectivity index (χ2n) is 4.03. The highest BCUT2D eigenvalue weighted by molar-refractivity contribution is 9.11. The maximum absolute atomic E-state index is 13.2. The Morgan fingerprint density at radius 2 is 1.79 bits per heavy atom. The molecule has 0 aliphatic carbocycles. The van der Waals surface area contributed by atoms with E-state index < -0.39 is 11.9 Å². The first-order valence-corrected chi connectivity index (χ1v) is 7.16. The minimum absolute atomic E-state index is 0.405. The van der Waals surface area contributed by atoms with Crippen LogP contribution in [0.4, 0.5) is 4.39 Å². The van der Waals surface area contributed by atoms with Crippen LogP contribution in [-0.4, -0.2) is 5.11 Å². The highest BCUT2D eigenvalue weighted by Gasteiger charge is 2.12. The van der Waals surface area contributed by atoms with E-state index >= 15 is 0 Å². The van der Waals surface area contributed by atoms with Crippen molar-refractivity contribution in [2.75, 3.05) is 0 Å². The van der Waals surface area contributed by atoms with Crippen LogP contribution >= 0.6 is 31.9 Å². The van der Waals surface area contributed by atoms with Gasteiger partial charge in [-0.05, 0) is 59.3 Å². The van der Waals surface area contributed by atoms with Gasteiger partial charge >= 0.3 is 0 Å². The Balaban J connectivity index is 2.38. The maximum atomic E-state index is 13.2. The summed E-state index contributed by atoms with van der Waals surface area (Å²) < 4.78 is 20.6. The van der Waals surface area contributed by atoms with Gasteiger partial charge < -0.3 is 9.84 Å². The van der Waals surface area contributed by atoms with Gasteiger partial charge in [0.2, 0.25) is 0 Å². The lowest BCUT2D eigenvalue weighted by atomic mass is 10.1. The van der Waals surface area contributed by atoms with Gasteiger partial charge in [-0.3, -0.25) is 0 Å². The van der Waals surface area contributed by atoms with Gasteiger partial charge in [0.1, 0.15) is 17.3 Å². The molecule has 0 spiro atoms. The van der Waals surface area contributed by atoms with E-state index in [1.165, 1.54) is 18.2 Å². The first kappa shape index (κ1) is 14.5. The summed E-state index contributed by atoms with van der Waals surface area (Å²) in [6, 6.07) is 9.54. The summed E-state index contributed by atoms with van der Waals surface area (Å²) in [4.78, 5) is 0. The minimum Gasteiger partial charge on any atom is -0.456 e. The van der Waals surface area contributed by atoms with Gasteiger partial charge in [-0.25, -0.2) is 4.39 Å². The van der Waals surface area contributed by atoms with Crippen LogP contribution in [0.15, 0.2) is 45.3 Å². The van der Waals surface area contributed by atoms with Gasteiger partial charge in [-0.2, -0.15) is 0 Å². The van der Waals surface area contributed by atoms with E-state index in [-0.39, 0.29) is 0 Å². The summed E-state index contributed by atoms with van der Waals surface area (Å²) in [7, 11) is 0. The Morgan fingerprint density at radius 1 is 1.11 bits per heavy atom.